The summed E-state index contributed by atoms with van der Waals surface area (Å²) in [5, 5.41) is 2.75. The molecule has 0 saturated heterocycles. The van der Waals surface area contributed by atoms with Gasteiger partial charge in [0.15, 0.2) is 5.78 Å². The molecule has 2 atom stereocenters. The molecule has 0 aliphatic heterocycles. The van der Waals surface area contributed by atoms with Crippen molar-refractivity contribution >= 4 is 17.6 Å². The molecule has 130 valence electrons. The number of nitrogens with zero attached hydrogens (tertiary/aromatic N) is 2. The van der Waals surface area contributed by atoms with Gasteiger partial charge in [-0.05, 0) is 31.2 Å². The lowest BCUT2D eigenvalue weighted by atomic mass is 9.82. The highest BCUT2D eigenvalue weighted by atomic mass is 16.2. The van der Waals surface area contributed by atoms with Gasteiger partial charge in [-0.25, -0.2) is 9.97 Å². The van der Waals surface area contributed by atoms with Crippen molar-refractivity contribution in [3.63, 3.8) is 0 Å². The third-order valence-corrected chi connectivity index (χ3v) is 4.88. The van der Waals surface area contributed by atoms with Crippen molar-refractivity contribution in [2.45, 2.75) is 46.0 Å². The van der Waals surface area contributed by atoms with Crippen LogP contribution in [0.3, 0.4) is 0 Å². The lowest BCUT2D eigenvalue weighted by Gasteiger charge is -2.23. The van der Waals surface area contributed by atoms with Gasteiger partial charge in [0.2, 0.25) is 11.9 Å². The first-order chi connectivity index (χ1) is 12.0. The summed E-state index contributed by atoms with van der Waals surface area (Å²) in [6, 6.07) is 8.27. The van der Waals surface area contributed by atoms with Gasteiger partial charge in [0.05, 0.1) is 11.3 Å². The Kier molecular flexibility index (Phi) is 4.93. The number of amides is 1. The van der Waals surface area contributed by atoms with E-state index < -0.39 is 0 Å². The number of rotatable bonds is 4. The van der Waals surface area contributed by atoms with E-state index in [2.05, 4.69) is 39.6 Å². The molecule has 1 heterocycles. The quantitative estimate of drug-likeness (QED) is 0.924. The van der Waals surface area contributed by atoms with Gasteiger partial charge in [0.25, 0.3) is 0 Å². The minimum Gasteiger partial charge on any atom is -0.294 e. The molecular formula is C20H23N3O2. The van der Waals surface area contributed by atoms with Crippen LogP contribution in [0, 0.1) is 12.8 Å². The second kappa shape index (κ2) is 7.13. The molecule has 0 fully saturated rings. The second-order valence-electron chi connectivity index (χ2n) is 6.79. The van der Waals surface area contributed by atoms with Crippen LogP contribution in [-0.2, 0) is 11.2 Å². The minimum atomic E-state index is -0.0975. The fourth-order valence-corrected chi connectivity index (χ4v) is 3.00. The molecule has 0 saturated carbocycles. The standard InChI is InChI=1S/C20H23N3O2/c1-4-13(3)19(25)23-20-21-11-16-17(22-20)9-15(10-18(16)24)14-7-5-12(2)6-8-14/h5-8,11,13,15H,4,9-10H2,1-3H3,(H,21,22,23,25)/t13-,15-/m1/s1. The van der Waals surface area contributed by atoms with E-state index in [1.54, 1.807) is 6.20 Å². The zero-order chi connectivity index (χ0) is 18.0. The van der Waals surface area contributed by atoms with Crippen LogP contribution < -0.4 is 5.32 Å². The van der Waals surface area contributed by atoms with Gasteiger partial charge >= 0.3 is 0 Å². The first-order valence-corrected chi connectivity index (χ1v) is 8.74. The molecule has 1 aromatic heterocycles. The predicted molar refractivity (Wildman–Crippen MR) is 96.7 cm³/mol. The molecule has 25 heavy (non-hydrogen) atoms. The number of ketones is 1. The van der Waals surface area contributed by atoms with E-state index in [0.29, 0.717) is 18.4 Å². The van der Waals surface area contributed by atoms with Gasteiger partial charge in [0, 0.05) is 18.5 Å². The normalized spacial score (nSPS) is 17.7. The molecule has 3 rings (SSSR count). The van der Waals surface area contributed by atoms with E-state index in [-0.39, 0.29) is 29.5 Å². The van der Waals surface area contributed by atoms with Crippen molar-refractivity contribution in [1.29, 1.82) is 0 Å². The third-order valence-electron chi connectivity index (χ3n) is 4.88. The number of benzene rings is 1. The number of carbonyl (C=O) groups is 2. The topological polar surface area (TPSA) is 72.0 Å². The number of anilines is 1. The second-order valence-corrected chi connectivity index (χ2v) is 6.79. The highest BCUT2D eigenvalue weighted by Crippen LogP contribution is 2.32. The first-order valence-electron chi connectivity index (χ1n) is 8.74. The maximum atomic E-state index is 12.5. The molecule has 0 bridgehead atoms. The van der Waals surface area contributed by atoms with Crippen LogP contribution in [0.15, 0.2) is 30.5 Å². The van der Waals surface area contributed by atoms with E-state index in [1.165, 1.54) is 5.56 Å². The van der Waals surface area contributed by atoms with Crippen molar-refractivity contribution in [1.82, 2.24) is 9.97 Å². The van der Waals surface area contributed by atoms with Crippen LogP contribution in [0.2, 0.25) is 0 Å². The molecular weight excluding hydrogens is 314 g/mol. The molecule has 1 aliphatic rings. The Hall–Kier alpha value is -2.56. The number of hydrogen-bond acceptors (Lipinski definition) is 4. The van der Waals surface area contributed by atoms with E-state index >= 15 is 0 Å². The number of aryl methyl sites for hydroxylation is 1. The molecule has 1 aromatic carbocycles. The van der Waals surface area contributed by atoms with Gasteiger partial charge in [0.1, 0.15) is 0 Å². The Labute approximate surface area is 147 Å². The molecule has 0 unspecified atom stereocenters. The smallest absolute Gasteiger partial charge is 0.229 e. The Balaban J connectivity index is 1.83. The SMILES string of the molecule is CC[C@@H](C)C(=O)Nc1ncc2c(n1)C[C@@H](c1ccc(C)cc1)CC2=O. The predicted octanol–water partition coefficient (Wildman–Crippen LogP) is 3.68. The lowest BCUT2D eigenvalue weighted by molar-refractivity contribution is -0.119. The van der Waals surface area contributed by atoms with Crippen LogP contribution >= 0.6 is 0 Å². The summed E-state index contributed by atoms with van der Waals surface area (Å²) in [7, 11) is 0. The largest absolute Gasteiger partial charge is 0.294 e. The van der Waals surface area contributed by atoms with Crippen LogP contribution in [-0.4, -0.2) is 21.7 Å². The van der Waals surface area contributed by atoms with E-state index in [9.17, 15) is 9.59 Å². The summed E-state index contributed by atoms with van der Waals surface area (Å²) >= 11 is 0. The van der Waals surface area contributed by atoms with Gasteiger partial charge in [-0.15, -0.1) is 0 Å². The number of aromatic nitrogens is 2. The number of Topliss-reactive ketones (excluding diaryl/α,β-unsaturated/α-hetero) is 1. The number of nitrogens with one attached hydrogen (secondary N) is 1. The van der Waals surface area contributed by atoms with Gasteiger partial charge in [-0.3, -0.25) is 14.9 Å². The Morgan fingerprint density at radius 2 is 2.00 bits per heavy atom. The summed E-state index contributed by atoms with van der Waals surface area (Å²) in [5.74, 6) is 0.267. The zero-order valence-corrected chi connectivity index (χ0v) is 14.9. The molecule has 2 aromatic rings. The fourth-order valence-electron chi connectivity index (χ4n) is 3.00. The number of carbonyl (C=O) groups excluding carboxylic acids is 2. The molecule has 1 aliphatic carbocycles. The average molecular weight is 337 g/mol. The summed E-state index contributed by atoms with van der Waals surface area (Å²) in [6.07, 6.45) is 3.45. The van der Waals surface area contributed by atoms with Crippen molar-refractivity contribution in [3.8, 4) is 0 Å². The van der Waals surface area contributed by atoms with Crippen molar-refractivity contribution < 1.29 is 9.59 Å². The number of hydrogen-bond donors (Lipinski definition) is 1. The van der Waals surface area contributed by atoms with E-state index in [0.717, 1.165) is 17.7 Å². The minimum absolute atomic E-state index is 0.0617. The summed E-state index contributed by atoms with van der Waals surface area (Å²) in [4.78, 5) is 33.1. The van der Waals surface area contributed by atoms with Crippen LogP contribution in [0.25, 0.3) is 0 Å². The fraction of sp³-hybridized carbons (Fsp3) is 0.400. The molecule has 5 nitrogen and oxygen atoms in total. The maximum Gasteiger partial charge on any atom is 0.229 e. The molecule has 1 amide bonds. The average Bonchev–Trinajstić information content (AvgIpc) is 2.61. The molecule has 0 spiro atoms. The Morgan fingerprint density at radius 1 is 1.28 bits per heavy atom. The zero-order valence-electron chi connectivity index (χ0n) is 14.9. The molecule has 1 N–H and O–H groups in total. The summed E-state index contributed by atoms with van der Waals surface area (Å²) in [5.41, 5.74) is 3.64. The van der Waals surface area contributed by atoms with Gasteiger partial charge in [-0.2, -0.15) is 0 Å². The van der Waals surface area contributed by atoms with Crippen molar-refractivity contribution in [3.05, 3.63) is 52.8 Å². The lowest BCUT2D eigenvalue weighted by Crippen LogP contribution is -2.24. The number of fused-ring (bicyclic) bond motifs is 1. The Morgan fingerprint density at radius 3 is 2.68 bits per heavy atom. The maximum absolute atomic E-state index is 12.5. The van der Waals surface area contributed by atoms with E-state index in [1.807, 2.05) is 20.8 Å². The van der Waals surface area contributed by atoms with Crippen LogP contribution in [0.1, 0.15) is 59.8 Å². The van der Waals surface area contributed by atoms with Gasteiger partial charge < -0.3 is 0 Å². The third kappa shape index (κ3) is 3.76. The van der Waals surface area contributed by atoms with E-state index in [4.69, 9.17) is 0 Å². The first kappa shape index (κ1) is 17.3. The van der Waals surface area contributed by atoms with Crippen molar-refractivity contribution in [2.75, 3.05) is 5.32 Å². The molecule has 0 radical (unpaired) electrons. The summed E-state index contributed by atoms with van der Waals surface area (Å²) in [6.45, 7) is 5.87. The van der Waals surface area contributed by atoms with Gasteiger partial charge in [-0.1, -0.05) is 43.7 Å². The van der Waals surface area contributed by atoms with Crippen molar-refractivity contribution in [2.24, 2.45) is 5.92 Å². The summed E-state index contributed by atoms with van der Waals surface area (Å²) < 4.78 is 0. The van der Waals surface area contributed by atoms with Crippen LogP contribution in [0.4, 0.5) is 5.95 Å². The Bertz CT molecular complexity index is 799. The highest BCUT2D eigenvalue weighted by Gasteiger charge is 2.28. The highest BCUT2D eigenvalue weighted by molar-refractivity contribution is 5.99. The van der Waals surface area contributed by atoms with Crippen LogP contribution in [0.5, 0.6) is 0 Å². The molecule has 5 heteroatoms. The monoisotopic (exact) mass is 337 g/mol.